The molecule has 2 aromatic carbocycles. The number of aryl methyl sites for hydroxylation is 1. The molecule has 164 valence electrons. The van der Waals surface area contributed by atoms with E-state index >= 15 is 0 Å². The van der Waals surface area contributed by atoms with Crippen molar-refractivity contribution in [1.29, 1.82) is 0 Å². The van der Waals surface area contributed by atoms with Gasteiger partial charge in [0.25, 0.3) is 0 Å². The van der Waals surface area contributed by atoms with Gasteiger partial charge in [-0.15, -0.1) is 10.2 Å². The molecular formula is C20H20Cl2N4O3S2. The van der Waals surface area contributed by atoms with Crippen molar-refractivity contribution in [3.63, 3.8) is 0 Å². The fourth-order valence-electron chi connectivity index (χ4n) is 2.80. The molecule has 0 aliphatic rings. The van der Waals surface area contributed by atoms with Gasteiger partial charge in [-0.05, 0) is 44.2 Å². The van der Waals surface area contributed by atoms with Crippen molar-refractivity contribution in [2.75, 3.05) is 11.1 Å². The molecule has 0 atom stereocenters. The summed E-state index contributed by atoms with van der Waals surface area (Å²) >= 11 is 13.1. The number of hydrogen-bond donors (Lipinski definition) is 1. The Hall–Kier alpha value is -2.07. The van der Waals surface area contributed by atoms with Crippen molar-refractivity contribution in [3.05, 3.63) is 63.9 Å². The highest BCUT2D eigenvalue weighted by Gasteiger charge is 2.21. The summed E-state index contributed by atoms with van der Waals surface area (Å²) in [5.74, 6) is -0.159. The van der Waals surface area contributed by atoms with Crippen LogP contribution in [0.5, 0.6) is 0 Å². The van der Waals surface area contributed by atoms with Crippen LogP contribution in [0.15, 0.2) is 52.5 Å². The molecule has 1 amide bonds. The van der Waals surface area contributed by atoms with Crippen molar-refractivity contribution in [3.8, 4) is 0 Å². The SMILES string of the molecule is CCn1c(CS(=O)(=O)c2ccc(C)cc2)nnc1SCC(=O)Nc1cc(Cl)cc(Cl)c1. The Labute approximate surface area is 195 Å². The molecule has 0 aliphatic carbocycles. The van der Waals surface area contributed by atoms with Crippen molar-refractivity contribution in [2.45, 2.75) is 36.2 Å². The summed E-state index contributed by atoms with van der Waals surface area (Å²) in [6, 6.07) is 11.4. The van der Waals surface area contributed by atoms with Gasteiger partial charge in [-0.1, -0.05) is 52.7 Å². The van der Waals surface area contributed by atoms with Gasteiger partial charge in [0.1, 0.15) is 11.6 Å². The maximum absolute atomic E-state index is 12.7. The molecule has 3 rings (SSSR count). The van der Waals surface area contributed by atoms with E-state index in [-0.39, 0.29) is 22.3 Å². The molecule has 0 saturated carbocycles. The van der Waals surface area contributed by atoms with Crippen LogP contribution in [0.3, 0.4) is 0 Å². The van der Waals surface area contributed by atoms with E-state index < -0.39 is 9.84 Å². The van der Waals surface area contributed by atoms with Gasteiger partial charge in [-0.25, -0.2) is 8.42 Å². The Kier molecular flexibility index (Phi) is 7.64. The van der Waals surface area contributed by atoms with Crippen LogP contribution in [0.4, 0.5) is 5.69 Å². The molecule has 7 nitrogen and oxygen atoms in total. The fourth-order valence-corrected chi connectivity index (χ4v) is 5.42. The van der Waals surface area contributed by atoms with Crippen molar-refractivity contribution >= 4 is 56.4 Å². The van der Waals surface area contributed by atoms with E-state index in [0.29, 0.717) is 33.3 Å². The second-order valence-electron chi connectivity index (χ2n) is 6.71. The number of carbonyl (C=O) groups is 1. The third-order valence-corrected chi connectivity index (χ3v) is 7.32. The summed E-state index contributed by atoms with van der Waals surface area (Å²) in [6.45, 7) is 4.23. The summed E-state index contributed by atoms with van der Waals surface area (Å²) in [4.78, 5) is 12.5. The van der Waals surface area contributed by atoms with Gasteiger partial charge >= 0.3 is 0 Å². The quantitative estimate of drug-likeness (QED) is 0.455. The highest BCUT2D eigenvalue weighted by molar-refractivity contribution is 7.99. The molecule has 11 heteroatoms. The first-order chi connectivity index (χ1) is 14.7. The second-order valence-corrected chi connectivity index (χ2v) is 10.5. The van der Waals surface area contributed by atoms with Gasteiger partial charge in [-0.3, -0.25) is 4.79 Å². The average molecular weight is 499 g/mol. The minimum atomic E-state index is -3.57. The summed E-state index contributed by atoms with van der Waals surface area (Å²) < 4.78 is 27.2. The van der Waals surface area contributed by atoms with Crippen LogP contribution in [-0.4, -0.2) is 34.8 Å². The number of carbonyl (C=O) groups excluding carboxylic acids is 1. The number of rotatable bonds is 8. The second kappa shape index (κ2) is 10.0. The van der Waals surface area contributed by atoms with E-state index in [4.69, 9.17) is 23.2 Å². The molecular weight excluding hydrogens is 479 g/mol. The number of halogens is 2. The molecule has 0 fully saturated rings. The maximum Gasteiger partial charge on any atom is 0.234 e. The van der Waals surface area contributed by atoms with Gasteiger partial charge < -0.3 is 9.88 Å². The lowest BCUT2D eigenvalue weighted by Crippen LogP contribution is -2.15. The third-order valence-electron chi connectivity index (χ3n) is 4.29. The molecule has 1 N–H and O–H groups in total. The average Bonchev–Trinajstić information content (AvgIpc) is 3.06. The predicted molar refractivity (Wildman–Crippen MR) is 124 cm³/mol. The Morgan fingerprint density at radius 3 is 2.35 bits per heavy atom. The summed E-state index contributed by atoms with van der Waals surface area (Å²) in [7, 11) is -3.57. The molecule has 0 unspecified atom stereocenters. The number of sulfone groups is 1. The minimum Gasteiger partial charge on any atom is -0.325 e. The number of aromatic nitrogens is 3. The van der Waals surface area contributed by atoms with Gasteiger partial charge in [0.2, 0.25) is 5.91 Å². The molecule has 0 bridgehead atoms. The highest BCUT2D eigenvalue weighted by Crippen LogP contribution is 2.24. The predicted octanol–water partition coefficient (Wildman–Crippen LogP) is 4.62. The highest BCUT2D eigenvalue weighted by atomic mass is 35.5. The first-order valence-electron chi connectivity index (χ1n) is 9.28. The molecule has 31 heavy (non-hydrogen) atoms. The monoisotopic (exact) mass is 498 g/mol. The van der Waals surface area contributed by atoms with Crippen LogP contribution >= 0.6 is 35.0 Å². The normalized spacial score (nSPS) is 11.5. The van der Waals surface area contributed by atoms with Crippen LogP contribution in [0.1, 0.15) is 18.3 Å². The van der Waals surface area contributed by atoms with E-state index in [0.717, 1.165) is 5.56 Å². The number of hydrogen-bond acceptors (Lipinski definition) is 6. The smallest absolute Gasteiger partial charge is 0.234 e. The van der Waals surface area contributed by atoms with E-state index in [1.807, 2.05) is 13.8 Å². The van der Waals surface area contributed by atoms with Crippen LogP contribution in [0.2, 0.25) is 10.0 Å². The largest absolute Gasteiger partial charge is 0.325 e. The number of nitrogens with zero attached hydrogens (tertiary/aromatic N) is 3. The summed E-state index contributed by atoms with van der Waals surface area (Å²) in [5, 5.41) is 12.1. The lowest BCUT2D eigenvalue weighted by atomic mass is 10.2. The lowest BCUT2D eigenvalue weighted by Gasteiger charge is -2.09. The lowest BCUT2D eigenvalue weighted by molar-refractivity contribution is -0.113. The van der Waals surface area contributed by atoms with Crippen LogP contribution in [0, 0.1) is 6.92 Å². The number of nitrogens with one attached hydrogen (secondary N) is 1. The van der Waals surface area contributed by atoms with E-state index in [1.165, 1.54) is 11.8 Å². The fraction of sp³-hybridized carbons (Fsp3) is 0.250. The van der Waals surface area contributed by atoms with Gasteiger partial charge in [0, 0.05) is 22.3 Å². The van der Waals surface area contributed by atoms with Gasteiger partial charge in [0.15, 0.2) is 15.0 Å². The molecule has 0 saturated heterocycles. The Balaban J connectivity index is 1.68. The minimum absolute atomic E-state index is 0.0625. The molecule has 1 heterocycles. The zero-order valence-electron chi connectivity index (χ0n) is 16.8. The van der Waals surface area contributed by atoms with Crippen LogP contribution in [0.25, 0.3) is 0 Å². The summed E-state index contributed by atoms with van der Waals surface area (Å²) in [5.41, 5.74) is 1.47. The Bertz CT molecular complexity index is 1180. The number of amides is 1. The van der Waals surface area contributed by atoms with Crippen molar-refractivity contribution in [2.24, 2.45) is 0 Å². The first-order valence-corrected chi connectivity index (χ1v) is 12.7. The van der Waals surface area contributed by atoms with Gasteiger partial charge in [-0.2, -0.15) is 0 Å². The zero-order valence-corrected chi connectivity index (χ0v) is 19.9. The molecule has 0 radical (unpaired) electrons. The van der Waals surface area contributed by atoms with Gasteiger partial charge in [0.05, 0.1) is 10.6 Å². The molecule has 1 aromatic heterocycles. The summed E-state index contributed by atoms with van der Waals surface area (Å²) in [6.07, 6.45) is 0. The third kappa shape index (κ3) is 6.22. The number of benzene rings is 2. The van der Waals surface area contributed by atoms with E-state index in [1.54, 1.807) is 47.0 Å². The van der Waals surface area contributed by atoms with E-state index in [2.05, 4.69) is 15.5 Å². The number of thioether (sulfide) groups is 1. The van der Waals surface area contributed by atoms with Crippen molar-refractivity contribution < 1.29 is 13.2 Å². The topological polar surface area (TPSA) is 93.9 Å². The zero-order chi connectivity index (χ0) is 22.6. The van der Waals surface area contributed by atoms with Crippen LogP contribution < -0.4 is 5.32 Å². The van der Waals surface area contributed by atoms with E-state index in [9.17, 15) is 13.2 Å². The van der Waals surface area contributed by atoms with Crippen LogP contribution in [-0.2, 0) is 26.9 Å². The first kappa shape index (κ1) is 23.6. The molecule has 3 aromatic rings. The maximum atomic E-state index is 12.7. The molecule has 0 spiro atoms. The number of anilines is 1. The Morgan fingerprint density at radius 2 is 1.74 bits per heavy atom. The molecule has 0 aliphatic heterocycles. The van der Waals surface area contributed by atoms with Crippen molar-refractivity contribution in [1.82, 2.24) is 14.8 Å². The Morgan fingerprint density at radius 1 is 1.10 bits per heavy atom. The standard InChI is InChI=1S/C20H20Cl2N4O3S2/c1-3-26-18(12-31(28,29)17-6-4-13(2)5-7-17)24-25-20(26)30-11-19(27)23-16-9-14(21)8-15(22)10-16/h4-10H,3,11-12H2,1-2H3,(H,23,27).